The van der Waals surface area contributed by atoms with E-state index in [2.05, 4.69) is 0 Å². The van der Waals surface area contributed by atoms with E-state index in [4.69, 9.17) is 9.15 Å². The first kappa shape index (κ1) is 18.3. The zero-order valence-electron chi connectivity index (χ0n) is 14.6. The molecule has 140 valence electrons. The number of fused-ring (bicyclic) bond motifs is 1. The summed E-state index contributed by atoms with van der Waals surface area (Å²) in [5.74, 6) is -0.843. The first-order valence-corrected chi connectivity index (χ1v) is 8.37. The predicted molar refractivity (Wildman–Crippen MR) is 97.9 cm³/mol. The van der Waals surface area contributed by atoms with Crippen molar-refractivity contribution in [1.29, 1.82) is 0 Å². The molecule has 3 rings (SSSR count). The topological polar surface area (TPSA) is 117 Å². The lowest BCUT2D eigenvalue weighted by Crippen LogP contribution is -2.12. The van der Waals surface area contributed by atoms with Crippen molar-refractivity contribution in [1.82, 2.24) is 0 Å². The van der Waals surface area contributed by atoms with Gasteiger partial charge in [0.25, 0.3) is 0 Å². The van der Waals surface area contributed by atoms with Gasteiger partial charge in [0.2, 0.25) is 5.43 Å². The maximum atomic E-state index is 13.1. The highest BCUT2D eigenvalue weighted by Crippen LogP contribution is 2.32. The standard InChI is InChI=1S/C20H18O7/c1-2-26-17(24)8-7-15-18(11-3-5-12(21)6-4-11)20(25)19-14(23)9-13(22)10-16(19)27-15/h3-6,9-10,21-23H,2,7-8H2,1H3. The molecule has 0 spiro atoms. The number of rotatable bonds is 5. The summed E-state index contributed by atoms with van der Waals surface area (Å²) in [6.45, 7) is 1.94. The van der Waals surface area contributed by atoms with Gasteiger partial charge in [0.05, 0.1) is 18.6 Å². The van der Waals surface area contributed by atoms with Gasteiger partial charge >= 0.3 is 5.97 Å². The molecule has 0 amide bonds. The minimum Gasteiger partial charge on any atom is -0.508 e. The summed E-state index contributed by atoms with van der Waals surface area (Å²) in [4.78, 5) is 24.8. The number of carbonyl (C=O) groups excluding carboxylic acids is 1. The maximum Gasteiger partial charge on any atom is 0.306 e. The third-order valence-corrected chi connectivity index (χ3v) is 4.05. The van der Waals surface area contributed by atoms with Gasteiger partial charge in [0.1, 0.15) is 34.0 Å². The Balaban J connectivity index is 2.20. The molecule has 1 aromatic heterocycles. The molecule has 7 nitrogen and oxygen atoms in total. The number of aromatic hydroxyl groups is 3. The second-order valence-electron chi connectivity index (χ2n) is 5.92. The SMILES string of the molecule is CCOC(=O)CCc1oc2cc(O)cc(O)c2c(=O)c1-c1ccc(O)cc1. The molecular weight excluding hydrogens is 352 g/mol. The first-order valence-electron chi connectivity index (χ1n) is 8.37. The Morgan fingerprint density at radius 2 is 1.78 bits per heavy atom. The van der Waals surface area contributed by atoms with E-state index in [0.29, 0.717) is 5.56 Å². The van der Waals surface area contributed by atoms with Crippen LogP contribution in [0, 0.1) is 0 Å². The van der Waals surface area contributed by atoms with Gasteiger partial charge in [-0.2, -0.15) is 0 Å². The van der Waals surface area contributed by atoms with Crippen LogP contribution in [-0.4, -0.2) is 27.9 Å². The third-order valence-electron chi connectivity index (χ3n) is 4.05. The fraction of sp³-hybridized carbons (Fsp3) is 0.200. The van der Waals surface area contributed by atoms with E-state index in [1.54, 1.807) is 19.1 Å². The highest BCUT2D eigenvalue weighted by Gasteiger charge is 2.20. The maximum absolute atomic E-state index is 13.1. The Labute approximate surface area is 154 Å². The van der Waals surface area contributed by atoms with Gasteiger partial charge in [-0.05, 0) is 24.6 Å². The average molecular weight is 370 g/mol. The van der Waals surface area contributed by atoms with Gasteiger partial charge in [0, 0.05) is 18.6 Å². The summed E-state index contributed by atoms with van der Waals surface area (Å²) >= 11 is 0. The summed E-state index contributed by atoms with van der Waals surface area (Å²) in [6, 6.07) is 8.20. The molecule has 0 aliphatic rings. The van der Waals surface area contributed by atoms with Crippen molar-refractivity contribution >= 4 is 16.9 Å². The summed E-state index contributed by atoms with van der Waals surface area (Å²) in [5, 5.41) is 29.2. The van der Waals surface area contributed by atoms with Crippen LogP contribution < -0.4 is 5.43 Å². The van der Waals surface area contributed by atoms with Gasteiger partial charge in [0.15, 0.2) is 0 Å². The quantitative estimate of drug-likeness (QED) is 0.591. The first-order chi connectivity index (χ1) is 12.9. The number of esters is 1. The summed E-state index contributed by atoms with van der Waals surface area (Å²) in [6.07, 6.45) is 0.0921. The number of phenols is 3. The number of benzene rings is 2. The highest BCUT2D eigenvalue weighted by atomic mass is 16.5. The van der Waals surface area contributed by atoms with Gasteiger partial charge < -0.3 is 24.5 Å². The molecular formula is C20H18O7. The molecule has 2 aromatic carbocycles. The van der Waals surface area contributed by atoms with E-state index in [-0.39, 0.29) is 53.2 Å². The number of carbonyl (C=O) groups is 1. The molecule has 0 aliphatic carbocycles. The van der Waals surface area contributed by atoms with Crippen molar-refractivity contribution in [2.24, 2.45) is 0 Å². The van der Waals surface area contributed by atoms with Gasteiger partial charge in [-0.1, -0.05) is 12.1 Å². The van der Waals surface area contributed by atoms with Crippen molar-refractivity contribution in [3.63, 3.8) is 0 Å². The van der Waals surface area contributed by atoms with Crippen LogP contribution in [0.4, 0.5) is 0 Å². The molecule has 0 saturated carbocycles. The minimum atomic E-state index is -0.502. The fourth-order valence-corrected chi connectivity index (χ4v) is 2.88. The van der Waals surface area contributed by atoms with Crippen molar-refractivity contribution in [3.8, 4) is 28.4 Å². The number of phenolic OH excluding ortho intramolecular Hbond substituents is 3. The van der Waals surface area contributed by atoms with Crippen LogP contribution in [-0.2, 0) is 16.0 Å². The second kappa shape index (κ2) is 7.41. The largest absolute Gasteiger partial charge is 0.508 e. The lowest BCUT2D eigenvalue weighted by Gasteiger charge is -2.11. The molecule has 0 unspecified atom stereocenters. The minimum absolute atomic E-state index is 0.00182. The van der Waals surface area contributed by atoms with E-state index in [9.17, 15) is 24.9 Å². The van der Waals surface area contributed by atoms with Crippen LogP contribution in [0.25, 0.3) is 22.1 Å². The van der Waals surface area contributed by atoms with Crippen LogP contribution in [0.15, 0.2) is 45.6 Å². The normalized spacial score (nSPS) is 10.9. The fourth-order valence-electron chi connectivity index (χ4n) is 2.88. The zero-order valence-corrected chi connectivity index (χ0v) is 14.6. The van der Waals surface area contributed by atoms with Crippen LogP contribution >= 0.6 is 0 Å². The summed E-state index contributed by atoms with van der Waals surface area (Å²) in [7, 11) is 0. The summed E-state index contributed by atoms with van der Waals surface area (Å²) in [5.41, 5.74) is 0.153. The lowest BCUT2D eigenvalue weighted by atomic mass is 9.99. The van der Waals surface area contributed by atoms with Crippen molar-refractivity contribution in [2.45, 2.75) is 19.8 Å². The van der Waals surface area contributed by atoms with E-state index >= 15 is 0 Å². The molecule has 1 heterocycles. The van der Waals surface area contributed by atoms with E-state index < -0.39 is 17.1 Å². The molecule has 0 fully saturated rings. The molecule has 0 aliphatic heterocycles. The Morgan fingerprint density at radius 3 is 2.44 bits per heavy atom. The summed E-state index contributed by atoms with van der Waals surface area (Å²) < 4.78 is 10.7. The van der Waals surface area contributed by atoms with Crippen molar-refractivity contribution in [2.75, 3.05) is 6.61 Å². The Hall–Kier alpha value is -3.48. The van der Waals surface area contributed by atoms with Crippen molar-refractivity contribution < 1.29 is 29.3 Å². The Morgan fingerprint density at radius 1 is 1.07 bits per heavy atom. The van der Waals surface area contributed by atoms with Crippen LogP contribution in [0.3, 0.4) is 0 Å². The molecule has 0 radical (unpaired) electrons. The van der Waals surface area contributed by atoms with Gasteiger partial charge in [-0.3, -0.25) is 9.59 Å². The predicted octanol–water partition coefficient (Wildman–Crippen LogP) is 3.07. The lowest BCUT2D eigenvalue weighted by molar-refractivity contribution is -0.143. The molecule has 0 saturated heterocycles. The number of hydrogen-bond donors (Lipinski definition) is 3. The smallest absolute Gasteiger partial charge is 0.306 e. The van der Waals surface area contributed by atoms with E-state index in [1.165, 1.54) is 18.2 Å². The number of hydrogen-bond acceptors (Lipinski definition) is 7. The van der Waals surface area contributed by atoms with E-state index in [0.717, 1.165) is 6.07 Å². The van der Waals surface area contributed by atoms with Gasteiger partial charge in [-0.15, -0.1) is 0 Å². The van der Waals surface area contributed by atoms with Crippen LogP contribution in [0.1, 0.15) is 19.1 Å². The Kier molecular flexibility index (Phi) is 5.03. The molecule has 0 bridgehead atoms. The molecule has 3 N–H and O–H groups in total. The zero-order chi connectivity index (χ0) is 19.6. The third kappa shape index (κ3) is 3.72. The van der Waals surface area contributed by atoms with E-state index in [1.807, 2.05) is 0 Å². The molecule has 27 heavy (non-hydrogen) atoms. The van der Waals surface area contributed by atoms with Crippen molar-refractivity contribution in [3.05, 3.63) is 52.4 Å². The molecule has 3 aromatic rings. The monoisotopic (exact) mass is 370 g/mol. The number of ether oxygens (including phenoxy) is 1. The highest BCUT2D eigenvalue weighted by molar-refractivity contribution is 5.89. The number of aryl methyl sites for hydroxylation is 1. The second-order valence-corrected chi connectivity index (χ2v) is 5.92. The van der Waals surface area contributed by atoms with Crippen LogP contribution in [0.2, 0.25) is 0 Å². The average Bonchev–Trinajstić information content (AvgIpc) is 2.60. The van der Waals surface area contributed by atoms with Crippen LogP contribution in [0.5, 0.6) is 17.2 Å². The molecule has 7 heteroatoms. The Bertz CT molecular complexity index is 1050. The van der Waals surface area contributed by atoms with Gasteiger partial charge in [-0.25, -0.2) is 0 Å². The molecule has 0 atom stereocenters.